The highest BCUT2D eigenvalue weighted by molar-refractivity contribution is 6.13. The number of rotatable bonds is 4. The first-order chi connectivity index (χ1) is 28.0. The minimum Gasteiger partial charge on any atom is -0.333 e. The molecule has 0 spiro atoms. The van der Waals surface area contributed by atoms with E-state index in [9.17, 15) is 5.26 Å². The van der Waals surface area contributed by atoms with Gasteiger partial charge in [0.25, 0.3) is 0 Å². The highest BCUT2D eigenvalue weighted by Gasteiger charge is 2.26. The van der Waals surface area contributed by atoms with Gasteiger partial charge in [-0.3, -0.25) is 0 Å². The lowest BCUT2D eigenvalue weighted by atomic mass is 9.85. The van der Waals surface area contributed by atoms with E-state index in [4.69, 9.17) is 6.57 Å². The van der Waals surface area contributed by atoms with E-state index in [-0.39, 0.29) is 6.04 Å². The van der Waals surface area contributed by atoms with E-state index in [1.54, 1.807) is 0 Å². The van der Waals surface area contributed by atoms with Gasteiger partial charge in [-0.05, 0) is 129 Å². The molecule has 5 heteroatoms. The van der Waals surface area contributed by atoms with E-state index >= 15 is 0 Å². The van der Waals surface area contributed by atoms with Gasteiger partial charge in [-0.2, -0.15) is 5.26 Å². The zero-order valence-corrected chi connectivity index (χ0v) is 31.8. The summed E-state index contributed by atoms with van der Waals surface area (Å²) < 4.78 is 7.22. The Morgan fingerprint density at radius 3 is 1.98 bits per heavy atom. The molecule has 5 nitrogen and oxygen atoms in total. The van der Waals surface area contributed by atoms with E-state index in [2.05, 4.69) is 166 Å². The second kappa shape index (κ2) is 12.6. The van der Waals surface area contributed by atoms with Crippen LogP contribution in [-0.4, -0.2) is 13.7 Å². The van der Waals surface area contributed by atoms with Gasteiger partial charge in [0.1, 0.15) is 0 Å². The summed E-state index contributed by atoms with van der Waals surface area (Å²) in [5.74, 6) is 0. The number of fused-ring (bicyclic) bond motifs is 9. The van der Waals surface area contributed by atoms with Gasteiger partial charge in [0.2, 0.25) is 0 Å². The van der Waals surface area contributed by atoms with Crippen LogP contribution < -0.4 is 0 Å². The van der Waals surface area contributed by atoms with Crippen LogP contribution >= 0.6 is 0 Å². The first-order valence-electron chi connectivity index (χ1n) is 19.7. The number of aryl methyl sites for hydroxylation is 2. The Morgan fingerprint density at radius 2 is 1.25 bits per heavy atom. The van der Waals surface area contributed by atoms with E-state index < -0.39 is 0 Å². The molecule has 0 aliphatic heterocycles. The summed E-state index contributed by atoms with van der Waals surface area (Å²) in [6, 6.07) is 46.2. The number of benzene rings is 6. The first kappa shape index (κ1) is 33.0. The molecule has 2 aliphatic rings. The fourth-order valence-electron chi connectivity index (χ4n) is 9.69. The van der Waals surface area contributed by atoms with Crippen LogP contribution in [0.15, 0.2) is 162 Å². The third-order valence-corrected chi connectivity index (χ3v) is 12.2. The highest BCUT2D eigenvalue weighted by atomic mass is 15.0. The predicted octanol–water partition coefficient (Wildman–Crippen LogP) is 13.7. The lowest BCUT2D eigenvalue weighted by Gasteiger charge is -2.27. The van der Waals surface area contributed by atoms with Crippen molar-refractivity contribution in [2.24, 2.45) is 0 Å². The Balaban J connectivity index is 1.03. The quantitative estimate of drug-likeness (QED) is 0.166. The Labute approximate surface area is 330 Å². The first-order valence-corrected chi connectivity index (χ1v) is 19.7. The van der Waals surface area contributed by atoms with E-state index in [0.717, 1.165) is 62.7 Å². The van der Waals surface area contributed by atoms with Crippen molar-refractivity contribution in [2.45, 2.75) is 39.2 Å². The van der Waals surface area contributed by atoms with Crippen LogP contribution in [0.1, 0.15) is 36.4 Å². The van der Waals surface area contributed by atoms with Crippen molar-refractivity contribution < 1.29 is 0 Å². The van der Waals surface area contributed by atoms with Crippen LogP contribution in [-0.2, 0) is 0 Å². The molecule has 1 atom stereocenters. The molecule has 0 radical (unpaired) electrons. The standard InChI is InChI=1S/C52H37N5/c1-32-15-21-49-43(25-32)44-26-33(2)16-22-50(44)57(49)39-20-24-52-46(30-39)41-12-5-7-14-48(41)55(52)37-10-8-9-34(27-37)42-29-38(19-17-35(42)31-53)56-47-13-6-4-11-40(47)45-28-36(54-3)18-23-51(45)56/h4-7,10-28,30,38H,8-9,29H2,1-2H3. The van der Waals surface area contributed by atoms with Crippen LogP contribution in [0.25, 0.3) is 81.6 Å². The van der Waals surface area contributed by atoms with Crippen LogP contribution in [0.3, 0.4) is 0 Å². The van der Waals surface area contributed by atoms with Gasteiger partial charge in [0.05, 0.1) is 46.3 Å². The average Bonchev–Trinajstić information content (AvgIpc) is 3.88. The number of allylic oxidation sites excluding steroid dienone is 8. The smallest absolute Gasteiger partial charge is 0.188 e. The summed E-state index contributed by atoms with van der Waals surface area (Å²) in [5.41, 5.74) is 15.5. The molecule has 57 heavy (non-hydrogen) atoms. The molecule has 0 fully saturated rings. The van der Waals surface area contributed by atoms with Crippen LogP contribution in [0.4, 0.5) is 5.69 Å². The summed E-state index contributed by atoms with van der Waals surface area (Å²) in [6.07, 6.45) is 11.4. The molecule has 3 aromatic heterocycles. The molecule has 0 saturated heterocycles. The molecule has 3 heterocycles. The average molecular weight is 732 g/mol. The van der Waals surface area contributed by atoms with Gasteiger partial charge in [-0.1, -0.05) is 77.9 Å². The zero-order chi connectivity index (χ0) is 38.4. The lowest BCUT2D eigenvalue weighted by Crippen LogP contribution is -2.13. The summed E-state index contributed by atoms with van der Waals surface area (Å²) in [5, 5.41) is 17.7. The molecule has 0 amide bonds. The number of hydrogen-bond donors (Lipinski definition) is 0. The monoisotopic (exact) mass is 731 g/mol. The molecular formula is C52H37N5. The SMILES string of the molecule is [C-]#[N+]c1ccc2c(c1)c1ccccc1n2C1C=CC(C#N)=C(C2=CC(n3c4ccccc4c4cc(-n5c6ccc(C)cc6c6cc(C)ccc65)ccc43)=CCC2)C1. The third-order valence-electron chi connectivity index (χ3n) is 12.2. The number of para-hydroxylation sites is 2. The summed E-state index contributed by atoms with van der Waals surface area (Å²) in [7, 11) is 0. The Hall–Kier alpha value is -7.34. The minimum atomic E-state index is 0.0221. The van der Waals surface area contributed by atoms with Crippen molar-refractivity contribution in [3.8, 4) is 11.8 Å². The predicted molar refractivity (Wildman–Crippen MR) is 236 cm³/mol. The molecule has 6 aromatic carbocycles. The second-order valence-electron chi connectivity index (χ2n) is 15.6. The number of nitriles is 1. The Kier molecular flexibility index (Phi) is 7.30. The second-order valence-corrected chi connectivity index (χ2v) is 15.6. The maximum absolute atomic E-state index is 10.5. The number of hydrogen-bond acceptors (Lipinski definition) is 1. The fraction of sp³-hybridized carbons (Fsp3) is 0.115. The van der Waals surface area contributed by atoms with Crippen molar-refractivity contribution >= 4 is 76.8 Å². The van der Waals surface area contributed by atoms with Crippen molar-refractivity contribution in [2.75, 3.05) is 0 Å². The summed E-state index contributed by atoms with van der Waals surface area (Å²) >= 11 is 0. The van der Waals surface area contributed by atoms with Gasteiger partial charge in [0, 0.05) is 49.3 Å². The molecule has 0 N–H and O–H groups in total. The minimum absolute atomic E-state index is 0.0221. The lowest BCUT2D eigenvalue weighted by molar-refractivity contribution is 0.626. The van der Waals surface area contributed by atoms with Crippen LogP contribution in [0, 0.1) is 31.8 Å². The van der Waals surface area contributed by atoms with E-state index in [1.807, 2.05) is 18.2 Å². The number of nitrogens with zero attached hydrogens (tertiary/aromatic N) is 5. The maximum atomic E-state index is 10.5. The third kappa shape index (κ3) is 4.99. The van der Waals surface area contributed by atoms with Gasteiger partial charge in [-0.15, -0.1) is 0 Å². The van der Waals surface area contributed by atoms with Crippen LogP contribution in [0.5, 0.6) is 0 Å². The van der Waals surface area contributed by atoms with Crippen molar-refractivity contribution in [1.82, 2.24) is 13.7 Å². The summed E-state index contributed by atoms with van der Waals surface area (Å²) in [6.45, 7) is 12.0. The van der Waals surface area contributed by atoms with Gasteiger partial charge in [-0.25, -0.2) is 4.85 Å². The topological polar surface area (TPSA) is 42.9 Å². The zero-order valence-electron chi connectivity index (χ0n) is 31.8. The largest absolute Gasteiger partial charge is 0.333 e. The molecule has 2 aliphatic carbocycles. The summed E-state index contributed by atoms with van der Waals surface area (Å²) in [4.78, 5) is 3.72. The van der Waals surface area contributed by atoms with E-state index in [1.165, 1.54) is 54.8 Å². The van der Waals surface area contributed by atoms with Gasteiger partial charge < -0.3 is 13.7 Å². The molecule has 270 valence electrons. The normalized spacial score (nSPS) is 15.9. The molecular weight excluding hydrogens is 695 g/mol. The number of aromatic nitrogens is 3. The van der Waals surface area contributed by atoms with Gasteiger partial charge in [0.15, 0.2) is 5.69 Å². The molecule has 0 bridgehead atoms. The maximum Gasteiger partial charge on any atom is 0.188 e. The van der Waals surface area contributed by atoms with Crippen molar-refractivity contribution in [3.05, 3.63) is 185 Å². The van der Waals surface area contributed by atoms with Crippen molar-refractivity contribution in [3.63, 3.8) is 0 Å². The van der Waals surface area contributed by atoms with Crippen molar-refractivity contribution in [1.29, 1.82) is 5.26 Å². The molecule has 9 aromatic rings. The Bertz CT molecular complexity index is 3370. The van der Waals surface area contributed by atoms with E-state index in [0.29, 0.717) is 12.1 Å². The molecule has 11 rings (SSSR count). The highest BCUT2D eigenvalue weighted by Crippen LogP contribution is 2.43. The molecule has 0 saturated carbocycles. The Morgan fingerprint density at radius 1 is 0.649 bits per heavy atom. The fourth-order valence-corrected chi connectivity index (χ4v) is 9.69. The van der Waals surface area contributed by atoms with Crippen LogP contribution in [0.2, 0.25) is 0 Å². The van der Waals surface area contributed by atoms with Gasteiger partial charge >= 0.3 is 0 Å². The molecule has 1 unspecified atom stereocenters.